The smallest absolute Gasteiger partial charge is 0.314 e. The van der Waals surface area contributed by atoms with Crippen LogP contribution in [0.2, 0.25) is 0 Å². The number of allylic oxidation sites excluding steroid dienone is 3. The van der Waals surface area contributed by atoms with Crippen LogP contribution in [-0.4, -0.2) is 16.2 Å². The van der Waals surface area contributed by atoms with Crippen LogP contribution in [0.4, 0.5) is 0 Å². The molecule has 0 bridgehead atoms. The minimum atomic E-state index is -0.909. The highest BCUT2D eigenvalue weighted by Crippen LogP contribution is 2.37. The number of carboxylic acids is 1. The van der Waals surface area contributed by atoms with E-state index < -0.39 is 11.4 Å². The first-order valence-electron chi connectivity index (χ1n) is 8.52. The van der Waals surface area contributed by atoms with Gasteiger partial charge in [-0.1, -0.05) is 61.5 Å². The summed E-state index contributed by atoms with van der Waals surface area (Å²) in [6, 6.07) is 15.1. The Morgan fingerprint density at radius 3 is 2.20 bits per heavy atom. The third-order valence-electron chi connectivity index (χ3n) is 4.85. The lowest BCUT2D eigenvalue weighted by atomic mass is 9.74. The molecule has 25 heavy (non-hydrogen) atoms. The van der Waals surface area contributed by atoms with E-state index in [0.29, 0.717) is 12.8 Å². The van der Waals surface area contributed by atoms with Crippen molar-refractivity contribution in [3.8, 4) is 5.75 Å². The fraction of sp³-hybridized carbons (Fsp3) is 0.227. The number of phenols is 1. The number of carboxylic acid groups (broad SMARTS) is 1. The molecule has 1 atom stereocenters. The van der Waals surface area contributed by atoms with Crippen LogP contribution in [0.5, 0.6) is 5.75 Å². The van der Waals surface area contributed by atoms with Gasteiger partial charge < -0.3 is 10.2 Å². The Labute approximate surface area is 148 Å². The molecule has 1 aliphatic carbocycles. The molecule has 3 nitrogen and oxygen atoms in total. The molecule has 0 amide bonds. The quantitative estimate of drug-likeness (QED) is 0.839. The second-order valence-electron chi connectivity index (χ2n) is 6.55. The van der Waals surface area contributed by atoms with Crippen molar-refractivity contribution in [2.24, 2.45) is 5.41 Å². The maximum Gasteiger partial charge on any atom is 0.314 e. The molecule has 0 heterocycles. The van der Waals surface area contributed by atoms with E-state index in [1.165, 1.54) is 5.56 Å². The lowest BCUT2D eigenvalue weighted by Gasteiger charge is -2.28. The van der Waals surface area contributed by atoms with Crippen molar-refractivity contribution in [1.29, 1.82) is 0 Å². The van der Waals surface area contributed by atoms with Crippen LogP contribution < -0.4 is 0 Å². The third-order valence-corrected chi connectivity index (χ3v) is 4.85. The van der Waals surface area contributed by atoms with Gasteiger partial charge in [0.25, 0.3) is 0 Å². The average Bonchev–Trinajstić information content (AvgIpc) is 2.63. The van der Waals surface area contributed by atoms with Crippen LogP contribution in [0.25, 0.3) is 5.57 Å². The first-order valence-corrected chi connectivity index (χ1v) is 8.52. The zero-order valence-electron chi connectivity index (χ0n) is 14.3. The summed E-state index contributed by atoms with van der Waals surface area (Å²) in [5.41, 5.74) is 3.33. The molecule has 3 heteroatoms. The van der Waals surface area contributed by atoms with Crippen molar-refractivity contribution in [2.75, 3.05) is 0 Å². The molecule has 2 aromatic carbocycles. The number of carbonyl (C=O) groups is 1. The van der Waals surface area contributed by atoms with Crippen molar-refractivity contribution in [3.63, 3.8) is 0 Å². The highest BCUT2D eigenvalue weighted by atomic mass is 16.4. The summed E-state index contributed by atoms with van der Waals surface area (Å²) in [6.07, 6.45) is 7.56. The maximum atomic E-state index is 12.0. The maximum absolute atomic E-state index is 12.0. The molecule has 0 spiro atoms. The molecule has 1 unspecified atom stereocenters. The number of aryl methyl sites for hydroxylation is 1. The van der Waals surface area contributed by atoms with Crippen LogP contribution >= 0.6 is 0 Å². The van der Waals surface area contributed by atoms with Crippen LogP contribution in [-0.2, 0) is 17.6 Å². The molecule has 0 aromatic heterocycles. The molecule has 1 aliphatic rings. The van der Waals surface area contributed by atoms with Gasteiger partial charge in [0.1, 0.15) is 5.75 Å². The molecule has 3 rings (SSSR count). The molecule has 0 radical (unpaired) electrons. The van der Waals surface area contributed by atoms with E-state index >= 15 is 0 Å². The lowest BCUT2D eigenvalue weighted by Crippen LogP contribution is -2.32. The van der Waals surface area contributed by atoms with Gasteiger partial charge in [-0.25, -0.2) is 0 Å². The Morgan fingerprint density at radius 1 is 1.04 bits per heavy atom. The summed E-state index contributed by atoms with van der Waals surface area (Å²) >= 11 is 0. The summed E-state index contributed by atoms with van der Waals surface area (Å²) in [6.45, 7) is 2.10. The van der Waals surface area contributed by atoms with Crippen molar-refractivity contribution in [3.05, 3.63) is 83.4 Å². The van der Waals surface area contributed by atoms with Crippen LogP contribution in [0.1, 0.15) is 30.0 Å². The fourth-order valence-electron chi connectivity index (χ4n) is 3.17. The van der Waals surface area contributed by atoms with E-state index in [1.54, 1.807) is 12.1 Å². The van der Waals surface area contributed by atoms with E-state index in [0.717, 1.165) is 23.1 Å². The number of phenolic OH excluding ortho intramolecular Hbond substituents is 1. The van der Waals surface area contributed by atoms with Gasteiger partial charge in [0, 0.05) is 0 Å². The summed E-state index contributed by atoms with van der Waals surface area (Å²) in [5, 5.41) is 19.2. The van der Waals surface area contributed by atoms with Crippen LogP contribution in [0, 0.1) is 5.41 Å². The fourth-order valence-corrected chi connectivity index (χ4v) is 3.17. The number of hydrogen-bond acceptors (Lipinski definition) is 2. The summed E-state index contributed by atoms with van der Waals surface area (Å²) in [5.74, 6) is -0.580. The van der Waals surface area contributed by atoms with Gasteiger partial charge in [-0.3, -0.25) is 4.79 Å². The first kappa shape index (κ1) is 17.0. The largest absolute Gasteiger partial charge is 0.508 e. The minimum absolute atomic E-state index is 0.222. The van der Waals surface area contributed by atoms with Crippen LogP contribution in [0.15, 0.2) is 66.8 Å². The van der Waals surface area contributed by atoms with Gasteiger partial charge in [-0.15, -0.1) is 0 Å². The Hall–Kier alpha value is -2.81. The zero-order valence-corrected chi connectivity index (χ0v) is 14.3. The highest BCUT2D eigenvalue weighted by molar-refractivity contribution is 5.83. The lowest BCUT2D eigenvalue weighted by molar-refractivity contribution is -0.145. The molecular weight excluding hydrogens is 312 g/mol. The highest BCUT2D eigenvalue weighted by Gasteiger charge is 2.36. The number of hydrogen-bond donors (Lipinski definition) is 2. The number of aliphatic carboxylic acids is 1. The van der Waals surface area contributed by atoms with Gasteiger partial charge in [-0.05, 0) is 53.7 Å². The molecule has 2 N–H and O–H groups in total. The molecule has 0 saturated heterocycles. The second kappa shape index (κ2) is 6.98. The molecular formula is C22H22O3. The van der Waals surface area contributed by atoms with Crippen molar-refractivity contribution in [1.82, 2.24) is 0 Å². The van der Waals surface area contributed by atoms with Crippen molar-refractivity contribution in [2.45, 2.75) is 26.2 Å². The summed E-state index contributed by atoms with van der Waals surface area (Å²) < 4.78 is 0. The van der Waals surface area contributed by atoms with E-state index in [-0.39, 0.29) is 5.75 Å². The van der Waals surface area contributed by atoms with Gasteiger partial charge in [0.05, 0.1) is 5.41 Å². The van der Waals surface area contributed by atoms with Gasteiger partial charge in [-0.2, -0.15) is 0 Å². The Morgan fingerprint density at radius 2 is 1.68 bits per heavy atom. The minimum Gasteiger partial charge on any atom is -0.508 e. The summed E-state index contributed by atoms with van der Waals surface area (Å²) in [4.78, 5) is 12.0. The summed E-state index contributed by atoms with van der Waals surface area (Å²) in [7, 11) is 0. The predicted molar refractivity (Wildman–Crippen MR) is 99.4 cm³/mol. The Kier molecular flexibility index (Phi) is 4.75. The number of aromatic hydroxyl groups is 1. The zero-order chi connectivity index (χ0) is 17.9. The monoisotopic (exact) mass is 334 g/mol. The van der Waals surface area contributed by atoms with Gasteiger partial charge >= 0.3 is 5.97 Å². The van der Waals surface area contributed by atoms with Crippen molar-refractivity contribution >= 4 is 11.5 Å². The standard InChI is InChI=1S/C22H22O3/c1-2-16-3-5-17(6-4-16)15-22(21(24)25)13-11-19(12-14-22)18-7-9-20(23)10-8-18/h3-13,23H,2,14-15H2,1H3,(H,24,25). The topological polar surface area (TPSA) is 57.5 Å². The third kappa shape index (κ3) is 3.66. The van der Waals surface area contributed by atoms with E-state index in [1.807, 2.05) is 42.5 Å². The van der Waals surface area contributed by atoms with E-state index in [2.05, 4.69) is 19.1 Å². The van der Waals surface area contributed by atoms with Gasteiger partial charge in [0.15, 0.2) is 0 Å². The van der Waals surface area contributed by atoms with Crippen LogP contribution in [0.3, 0.4) is 0 Å². The molecule has 128 valence electrons. The molecule has 2 aromatic rings. The normalized spacial score (nSPS) is 19.5. The SMILES string of the molecule is CCc1ccc(CC2(C(=O)O)C=CC(c3ccc(O)cc3)=CC2)cc1. The average molecular weight is 334 g/mol. The van der Waals surface area contributed by atoms with Crippen molar-refractivity contribution < 1.29 is 15.0 Å². The first-order chi connectivity index (χ1) is 12.0. The number of rotatable bonds is 5. The second-order valence-corrected chi connectivity index (χ2v) is 6.55. The molecule has 0 fully saturated rings. The molecule has 0 saturated carbocycles. The molecule has 0 aliphatic heterocycles. The predicted octanol–water partition coefficient (Wildman–Crippen LogP) is 4.61. The van der Waals surface area contributed by atoms with E-state index in [4.69, 9.17) is 0 Å². The van der Waals surface area contributed by atoms with E-state index in [9.17, 15) is 15.0 Å². The van der Waals surface area contributed by atoms with Gasteiger partial charge in [0.2, 0.25) is 0 Å². The Bertz CT molecular complexity index is 813. The Balaban J connectivity index is 1.82. The number of benzene rings is 2.